The maximum absolute atomic E-state index is 13.2. The molecule has 112 valence electrons. The Kier molecular flexibility index (Phi) is 4.59. The predicted octanol–water partition coefficient (Wildman–Crippen LogP) is 2.47. The van der Waals surface area contributed by atoms with Gasteiger partial charge in [-0.15, -0.1) is 0 Å². The Labute approximate surface area is 126 Å². The summed E-state index contributed by atoms with van der Waals surface area (Å²) in [7, 11) is -3.92. The van der Waals surface area contributed by atoms with Crippen LogP contribution in [0, 0.1) is 5.82 Å². The van der Waals surface area contributed by atoms with Crippen LogP contribution in [0.2, 0.25) is 5.28 Å². The molecule has 2 rings (SSSR count). The second kappa shape index (κ2) is 6.23. The summed E-state index contributed by atoms with van der Waals surface area (Å²) >= 11 is 5.51. The minimum atomic E-state index is -3.92. The van der Waals surface area contributed by atoms with E-state index in [4.69, 9.17) is 16.3 Å². The van der Waals surface area contributed by atoms with Crippen LogP contribution in [0.5, 0.6) is 5.75 Å². The zero-order chi connectivity index (χ0) is 15.5. The molecule has 0 fully saturated rings. The number of nitrogens with zero attached hydrogens (tertiary/aromatic N) is 2. The third kappa shape index (κ3) is 3.79. The van der Waals surface area contributed by atoms with Crippen molar-refractivity contribution in [3.05, 3.63) is 41.7 Å². The molecule has 0 unspecified atom stereocenters. The average Bonchev–Trinajstić information content (AvgIpc) is 2.42. The Bertz CT molecular complexity index is 738. The van der Waals surface area contributed by atoms with Crippen LogP contribution in [-0.4, -0.2) is 25.0 Å². The summed E-state index contributed by atoms with van der Waals surface area (Å²) in [4.78, 5) is 7.04. The predicted molar refractivity (Wildman–Crippen MR) is 75.4 cm³/mol. The van der Waals surface area contributed by atoms with Gasteiger partial charge in [0.25, 0.3) is 10.0 Å². The lowest BCUT2D eigenvalue weighted by Gasteiger charge is -2.12. The standard InChI is InChI=1S/C12H11ClFN3O3S/c1-2-20-11-5-8(14)3-4-10(11)17-21(18,19)9-6-15-12(13)16-7-9/h3-7,17H,2H2,1H3. The highest BCUT2D eigenvalue weighted by atomic mass is 35.5. The number of ether oxygens (including phenoxy) is 1. The fourth-order valence-electron chi connectivity index (χ4n) is 1.50. The zero-order valence-electron chi connectivity index (χ0n) is 10.9. The fourth-order valence-corrected chi connectivity index (χ4v) is 2.55. The Balaban J connectivity index is 2.34. The molecule has 1 aromatic heterocycles. The van der Waals surface area contributed by atoms with E-state index in [2.05, 4.69) is 14.7 Å². The Morgan fingerprint density at radius 3 is 2.62 bits per heavy atom. The van der Waals surface area contributed by atoms with E-state index in [1.54, 1.807) is 6.92 Å². The first-order chi connectivity index (χ1) is 9.92. The Hall–Kier alpha value is -1.93. The van der Waals surface area contributed by atoms with Crippen molar-refractivity contribution in [2.24, 2.45) is 0 Å². The van der Waals surface area contributed by atoms with Crippen LogP contribution < -0.4 is 9.46 Å². The zero-order valence-corrected chi connectivity index (χ0v) is 12.4. The van der Waals surface area contributed by atoms with Gasteiger partial charge in [0.2, 0.25) is 5.28 Å². The van der Waals surface area contributed by atoms with Crippen LogP contribution in [0.15, 0.2) is 35.5 Å². The van der Waals surface area contributed by atoms with Crippen LogP contribution in [0.4, 0.5) is 10.1 Å². The van der Waals surface area contributed by atoms with Crippen molar-refractivity contribution in [2.45, 2.75) is 11.8 Å². The van der Waals surface area contributed by atoms with E-state index in [0.29, 0.717) is 0 Å². The molecule has 0 radical (unpaired) electrons. The molecule has 0 amide bonds. The molecule has 0 aliphatic carbocycles. The highest BCUT2D eigenvalue weighted by Crippen LogP contribution is 2.27. The Morgan fingerprint density at radius 2 is 2.00 bits per heavy atom. The van der Waals surface area contributed by atoms with Crippen molar-refractivity contribution >= 4 is 27.3 Å². The van der Waals surface area contributed by atoms with Gasteiger partial charge in [-0.25, -0.2) is 22.8 Å². The molecule has 0 saturated heterocycles. The van der Waals surface area contributed by atoms with Crippen molar-refractivity contribution in [3.63, 3.8) is 0 Å². The molecule has 6 nitrogen and oxygen atoms in total. The number of aromatic nitrogens is 2. The maximum atomic E-state index is 13.2. The second-order valence-corrected chi connectivity index (χ2v) is 5.89. The van der Waals surface area contributed by atoms with Crippen molar-refractivity contribution in [3.8, 4) is 5.75 Å². The first-order valence-electron chi connectivity index (χ1n) is 5.85. The van der Waals surface area contributed by atoms with Gasteiger partial charge in [-0.1, -0.05) is 0 Å². The summed E-state index contributed by atoms with van der Waals surface area (Å²) in [6.07, 6.45) is 2.14. The summed E-state index contributed by atoms with van der Waals surface area (Å²) in [6.45, 7) is 1.97. The third-order valence-corrected chi connectivity index (χ3v) is 3.91. The van der Waals surface area contributed by atoms with Crippen LogP contribution >= 0.6 is 11.6 Å². The van der Waals surface area contributed by atoms with Crippen LogP contribution in [-0.2, 0) is 10.0 Å². The van der Waals surface area contributed by atoms with Crippen molar-refractivity contribution in [2.75, 3.05) is 11.3 Å². The van der Waals surface area contributed by atoms with Gasteiger partial charge < -0.3 is 4.74 Å². The van der Waals surface area contributed by atoms with Gasteiger partial charge in [-0.2, -0.15) is 0 Å². The number of hydrogen-bond donors (Lipinski definition) is 1. The van der Waals surface area contributed by atoms with E-state index in [1.807, 2.05) is 0 Å². The molecule has 0 spiro atoms. The lowest BCUT2D eigenvalue weighted by Crippen LogP contribution is -2.14. The van der Waals surface area contributed by atoms with Crippen LogP contribution in [0.25, 0.3) is 0 Å². The minimum Gasteiger partial charge on any atom is -0.492 e. The molecule has 2 aromatic rings. The summed E-state index contributed by atoms with van der Waals surface area (Å²) in [6, 6.07) is 3.49. The summed E-state index contributed by atoms with van der Waals surface area (Å²) in [5.41, 5.74) is 0.119. The first-order valence-corrected chi connectivity index (χ1v) is 7.71. The number of anilines is 1. The average molecular weight is 332 g/mol. The van der Waals surface area contributed by atoms with E-state index < -0.39 is 15.8 Å². The molecular weight excluding hydrogens is 321 g/mol. The molecule has 1 heterocycles. The Morgan fingerprint density at radius 1 is 1.33 bits per heavy atom. The molecule has 0 atom stereocenters. The lowest BCUT2D eigenvalue weighted by atomic mass is 10.3. The minimum absolute atomic E-state index is 0.0641. The first kappa shape index (κ1) is 15.5. The van der Waals surface area contributed by atoms with E-state index in [1.165, 1.54) is 6.07 Å². The van der Waals surface area contributed by atoms with E-state index in [9.17, 15) is 12.8 Å². The van der Waals surface area contributed by atoms with Crippen molar-refractivity contribution < 1.29 is 17.5 Å². The molecule has 0 saturated carbocycles. The highest BCUT2D eigenvalue weighted by Gasteiger charge is 2.18. The number of benzene rings is 1. The molecule has 1 aromatic carbocycles. The smallest absolute Gasteiger partial charge is 0.265 e. The number of halogens is 2. The van der Waals surface area contributed by atoms with E-state index in [0.717, 1.165) is 24.5 Å². The lowest BCUT2D eigenvalue weighted by molar-refractivity contribution is 0.340. The molecule has 1 N–H and O–H groups in total. The van der Waals surface area contributed by atoms with Gasteiger partial charge >= 0.3 is 0 Å². The van der Waals surface area contributed by atoms with Crippen LogP contribution in [0.3, 0.4) is 0 Å². The quantitative estimate of drug-likeness (QED) is 0.851. The van der Waals surface area contributed by atoms with Crippen LogP contribution in [0.1, 0.15) is 6.92 Å². The maximum Gasteiger partial charge on any atom is 0.265 e. The van der Waals surface area contributed by atoms with E-state index >= 15 is 0 Å². The second-order valence-electron chi connectivity index (χ2n) is 3.87. The molecular formula is C12H11ClFN3O3S. The molecule has 9 heteroatoms. The summed E-state index contributed by atoms with van der Waals surface area (Å²) < 4.78 is 45.0. The largest absolute Gasteiger partial charge is 0.492 e. The monoisotopic (exact) mass is 331 g/mol. The van der Waals surface area contributed by atoms with Crippen molar-refractivity contribution in [1.82, 2.24) is 9.97 Å². The number of hydrogen-bond acceptors (Lipinski definition) is 5. The molecule has 0 aliphatic heterocycles. The topological polar surface area (TPSA) is 81.2 Å². The molecule has 21 heavy (non-hydrogen) atoms. The fraction of sp³-hybridized carbons (Fsp3) is 0.167. The van der Waals surface area contributed by atoms with Gasteiger partial charge in [-0.3, -0.25) is 4.72 Å². The molecule has 0 aliphatic rings. The van der Waals surface area contributed by atoms with Gasteiger partial charge in [0.1, 0.15) is 16.5 Å². The van der Waals surface area contributed by atoms with Crippen molar-refractivity contribution in [1.29, 1.82) is 0 Å². The highest BCUT2D eigenvalue weighted by molar-refractivity contribution is 7.92. The number of nitrogens with one attached hydrogen (secondary N) is 1. The normalized spacial score (nSPS) is 11.2. The van der Waals surface area contributed by atoms with E-state index in [-0.39, 0.29) is 28.2 Å². The van der Waals surface area contributed by atoms with Gasteiger partial charge in [0, 0.05) is 6.07 Å². The SMILES string of the molecule is CCOc1cc(F)ccc1NS(=O)(=O)c1cnc(Cl)nc1. The van der Waals surface area contributed by atoms with Gasteiger partial charge in [-0.05, 0) is 30.7 Å². The molecule has 0 bridgehead atoms. The van der Waals surface area contributed by atoms with Gasteiger partial charge in [0.05, 0.1) is 24.7 Å². The number of rotatable bonds is 5. The third-order valence-electron chi connectivity index (χ3n) is 2.39. The number of sulfonamides is 1. The van der Waals surface area contributed by atoms with Gasteiger partial charge in [0.15, 0.2) is 0 Å². The summed E-state index contributed by atoms with van der Waals surface area (Å²) in [5, 5.41) is -0.0641. The summed E-state index contributed by atoms with van der Waals surface area (Å²) in [5.74, 6) is -0.438.